The molecule has 3 heteroatoms. The van der Waals surface area contributed by atoms with Gasteiger partial charge in [0.2, 0.25) is 0 Å². The van der Waals surface area contributed by atoms with Gasteiger partial charge in [-0.05, 0) is 63.6 Å². The van der Waals surface area contributed by atoms with Crippen molar-refractivity contribution in [3.8, 4) is 56.5 Å². The SMILES string of the molecule is C1=CC2=C(CC1)C1(c3ccccc3Oc3c(-c4ccccc4-c4cc(-c5cccc6ccccc56)nc(-c5ccccc5)n4)cccc31)c1ccccc12. The number of fused-ring (bicyclic) bond motifs is 9. The van der Waals surface area contributed by atoms with E-state index >= 15 is 0 Å². The van der Waals surface area contributed by atoms with Crippen LogP contribution in [0.25, 0.3) is 61.4 Å². The first kappa shape index (κ1) is 30.8. The van der Waals surface area contributed by atoms with Gasteiger partial charge in [-0.2, -0.15) is 0 Å². The molecule has 1 unspecified atom stereocenters. The summed E-state index contributed by atoms with van der Waals surface area (Å²) in [5.74, 6) is 2.49. The lowest BCUT2D eigenvalue weighted by Gasteiger charge is -2.41. The van der Waals surface area contributed by atoms with Gasteiger partial charge in [0.05, 0.1) is 16.8 Å². The van der Waals surface area contributed by atoms with Crippen molar-refractivity contribution in [3.63, 3.8) is 0 Å². The summed E-state index contributed by atoms with van der Waals surface area (Å²) in [7, 11) is 0. The van der Waals surface area contributed by atoms with E-state index in [0.717, 1.165) is 68.9 Å². The topological polar surface area (TPSA) is 35.0 Å². The Balaban J connectivity index is 1.16. The summed E-state index contributed by atoms with van der Waals surface area (Å²) in [6.45, 7) is 0. The fourth-order valence-electron chi connectivity index (χ4n) is 9.23. The molecule has 3 nitrogen and oxygen atoms in total. The number of para-hydroxylation sites is 2. The average molecular weight is 691 g/mol. The third kappa shape index (κ3) is 4.48. The van der Waals surface area contributed by atoms with E-state index in [2.05, 4.69) is 164 Å². The number of allylic oxidation sites excluding steroid dienone is 4. The lowest BCUT2D eigenvalue weighted by molar-refractivity contribution is 0.433. The minimum atomic E-state index is -0.456. The Bertz CT molecular complexity index is 2860. The Labute approximate surface area is 314 Å². The predicted molar refractivity (Wildman–Crippen MR) is 219 cm³/mol. The van der Waals surface area contributed by atoms with Crippen molar-refractivity contribution in [2.45, 2.75) is 18.3 Å². The van der Waals surface area contributed by atoms with Crippen LogP contribution in [-0.2, 0) is 5.41 Å². The molecule has 11 rings (SSSR count). The van der Waals surface area contributed by atoms with Crippen molar-refractivity contribution in [1.82, 2.24) is 9.97 Å². The van der Waals surface area contributed by atoms with E-state index in [9.17, 15) is 0 Å². The van der Waals surface area contributed by atoms with Crippen LogP contribution in [-0.4, -0.2) is 9.97 Å². The fraction of sp³-hybridized carbons (Fsp3) is 0.0588. The molecule has 0 fully saturated rings. The van der Waals surface area contributed by atoms with Gasteiger partial charge in [0.25, 0.3) is 0 Å². The van der Waals surface area contributed by atoms with Crippen molar-refractivity contribution in [2.75, 3.05) is 0 Å². The smallest absolute Gasteiger partial charge is 0.160 e. The summed E-state index contributed by atoms with van der Waals surface area (Å²) < 4.78 is 7.10. The molecule has 54 heavy (non-hydrogen) atoms. The standard InChI is InChI=1S/C51H34N2O/c1-2-17-34(18-3-1)50-52-46(39-25-14-19-33-16-4-5-20-35(33)39)32-47(53-50)40-24-7-6-21-36(40)41-26-15-30-45-49(41)54-48-31-13-12-29-44(48)51(45)42-27-10-8-22-37(42)38-23-9-11-28-43(38)51/h1-10,12-27,29-32H,11,28H2. The lowest BCUT2D eigenvalue weighted by atomic mass is 9.63. The van der Waals surface area contributed by atoms with Crippen LogP contribution in [0.4, 0.5) is 0 Å². The second kappa shape index (κ2) is 12.1. The summed E-state index contributed by atoms with van der Waals surface area (Å²) in [6, 6.07) is 60.3. The van der Waals surface area contributed by atoms with Crippen molar-refractivity contribution >= 4 is 16.3 Å². The maximum absolute atomic E-state index is 7.10. The number of ether oxygens (including phenoxy) is 1. The van der Waals surface area contributed by atoms with E-state index in [1.54, 1.807) is 0 Å². The summed E-state index contributed by atoms with van der Waals surface area (Å²) >= 11 is 0. The Morgan fingerprint density at radius 3 is 2.02 bits per heavy atom. The number of nitrogens with zero attached hydrogens (tertiary/aromatic N) is 2. The minimum absolute atomic E-state index is 0.456. The van der Waals surface area contributed by atoms with Crippen LogP contribution in [0.15, 0.2) is 188 Å². The van der Waals surface area contributed by atoms with E-state index < -0.39 is 5.41 Å². The molecule has 1 spiro atoms. The molecule has 0 amide bonds. The predicted octanol–water partition coefficient (Wildman–Crippen LogP) is 12.9. The molecular formula is C51H34N2O. The number of hydrogen-bond donors (Lipinski definition) is 0. The highest BCUT2D eigenvalue weighted by atomic mass is 16.5. The minimum Gasteiger partial charge on any atom is -0.456 e. The molecular weight excluding hydrogens is 657 g/mol. The molecule has 1 aromatic heterocycles. The van der Waals surface area contributed by atoms with Gasteiger partial charge in [0.15, 0.2) is 5.82 Å². The van der Waals surface area contributed by atoms with Crippen LogP contribution in [0, 0.1) is 0 Å². The third-order valence-corrected chi connectivity index (χ3v) is 11.5. The maximum atomic E-state index is 7.10. The maximum Gasteiger partial charge on any atom is 0.160 e. The van der Waals surface area contributed by atoms with Gasteiger partial charge in [0, 0.05) is 33.4 Å². The van der Waals surface area contributed by atoms with Crippen molar-refractivity contribution in [1.29, 1.82) is 0 Å². The zero-order chi connectivity index (χ0) is 35.6. The summed E-state index contributed by atoms with van der Waals surface area (Å²) in [5.41, 5.74) is 14.3. The second-order valence-electron chi connectivity index (χ2n) is 14.3. The Hall–Kier alpha value is -6.84. The van der Waals surface area contributed by atoms with Crippen LogP contribution >= 0.6 is 0 Å². The molecule has 0 saturated heterocycles. The molecule has 2 aliphatic carbocycles. The Morgan fingerprint density at radius 1 is 0.500 bits per heavy atom. The highest BCUT2D eigenvalue weighted by molar-refractivity contribution is 5.98. The lowest BCUT2D eigenvalue weighted by Crippen LogP contribution is -2.33. The average Bonchev–Trinajstić information content (AvgIpc) is 3.54. The molecule has 0 bridgehead atoms. The number of rotatable bonds is 4. The molecule has 0 saturated carbocycles. The first-order valence-electron chi connectivity index (χ1n) is 18.7. The molecule has 7 aromatic carbocycles. The van der Waals surface area contributed by atoms with Crippen molar-refractivity contribution in [2.24, 2.45) is 0 Å². The highest BCUT2D eigenvalue weighted by Gasteiger charge is 2.52. The normalized spacial score (nSPS) is 16.4. The van der Waals surface area contributed by atoms with Gasteiger partial charge >= 0.3 is 0 Å². The molecule has 8 aromatic rings. The Morgan fingerprint density at radius 2 is 1.13 bits per heavy atom. The van der Waals surface area contributed by atoms with E-state index in [0.29, 0.717) is 5.82 Å². The number of aromatic nitrogens is 2. The van der Waals surface area contributed by atoms with Crippen LogP contribution in [0.1, 0.15) is 35.1 Å². The van der Waals surface area contributed by atoms with Crippen molar-refractivity contribution in [3.05, 3.63) is 210 Å². The van der Waals surface area contributed by atoms with Gasteiger partial charge in [-0.1, -0.05) is 170 Å². The number of hydrogen-bond acceptors (Lipinski definition) is 3. The highest BCUT2D eigenvalue weighted by Crippen LogP contribution is 2.64. The summed E-state index contributed by atoms with van der Waals surface area (Å²) in [6.07, 6.45) is 6.68. The monoisotopic (exact) mass is 690 g/mol. The molecule has 1 atom stereocenters. The molecule has 2 heterocycles. The largest absolute Gasteiger partial charge is 0.456 e. The molecule has 3 aliphatic rings. The summed E-state index contributed by atoms with van der Waals surface area (Å²) in [5, 5.41) is 2.34. The van der Waals surface area contributed by atoms with Gasteiger partial charge in [-0.25, -0.2) is 9.97 Å². The number of benzene rings is 7. The van der Waals surface area contributed by atoms with Crippen molar-refractivity contribution < 1.29 is 4.74 Å². The molecule has 254 valence electrons. The van der Waals surface area contributed by atoms with Gasteiger partial charge in [-0.3, -0.25) is 0 Å². The van der Waals surface area contributed by atoms with Gasteiger partial charge in [-0.15, -0.1) is 0 Å². The zero-order valence-corrected chi connectivity index (χ0v) is 29.5. The van der Waals surface area contributed by atoms with Crippen LogP contribution in [0.3, 0.4) is 0 Å². The Kier molecular flexibility index (Phi) is 6.90. The molecule has 0 N–H and O–H groups in total. The molecule has 1 aliphatic heterocycles. The first-order valence-corrected chi connectivity index (χ1v) is 18.7. The second-order valence-corrected chi connectivity index (χ2v) is 14.3. The van der Waals surface area contributed by atoms with E-state index in [4.69, 9.17) is 14.7 Å². The van der Waals surface area contributed by atoms with Crippen LogP contribution in [0.2, 0.25) is 0 Å². The fourth-order valence-corrected chi connectivity index (χ4v) is 9.23. The first-order chi connectivity index (χ1) is 26.8. The molecule has 0 radical (unpaired) electrons. The van der Waals surface area contributed by atoms with Gasteiger partial charge in [0.1, 0.15) is 11.5 Å². The third-order valence-electron chi connectivity index (χ3n) is 11.5. The zero-order valence-electron chi connectivity index (χ0n) is 29.5. The van der Waals surface area contributed by atoms with E-state index in [1.165, 1.54) is 38.8 Å². The van der Waals surface area contributed by atoms with E-state index in [-0.39, 0.29) is 0 Å². The van der Waals surface area contributed by atoms with Gasteiger partial charge < -0.3 is 4.74 Å². The quantitative estimate of drug-likeness (QED) is 0.184. The van der Waals surface area contributed by atoms with Crippen LogP contribution in [0.5, 0.6) is 11.5 Å². The van der Waals surface area contributed by atoms with E-state index in [1.807, 2.05) is 18.2 Å². The van der Waals surface area contributed by atoms with Crippen LogP contribution < -0.4 is 4.74 Å². The summed E-state index contributed by atoms with van der Waals surface area (Å²) in [4.78, 5) is 10.5.